The van der Waals surface area contributed by atoms with Crippen LogP contribution in [0.3, 0.4) is 0 Å². The SMILES string of the molecule is O=C(COc1ccccc1)N1CCN(Cc2nc3ccccc3s2)CC1. The number of nitrogens with zero attached hydrogens (tertiary/aromatic N) is 3. The molecule has 2 heterocycles. The van der Waals surface area contributed by atoms with Gasteiger partial charge in [0.25, 0.3) is 5.91 Å². The van der Waals surface area contributed by atoms with E-state index in [9.17, 15) is 4.79 Å². The Bertz CT molecular complexity index is 840. The second-order valence-electron chi connectivity index (χ2n) is 6.33. The highest BCUT2D eigenvalue weighted by Crippen LogP contribution is 2.23. The number of aromatic nitrogens is 1. The lowest BCUT2D eigenvalue weighted by atomic mass is 10.3. The van der Waals surface area contributed by atoms with Crippen molar-refractivity contribution in [3.05, 3.63) is 59.6 Å². The van der Waals surface area contributed by atoms with Crippen LogP contribution in [0, 0.1) is 0 Å². The molecule has 0 radical (unpaired) electrons. The van der Waals surface area contributed by atoms with Gasteiger partial charge in [-0.05, 0) is 24.3 Å². The zero-order valence-corrected chi connectivity index (χ0v) is 15.3. The van der Waals surface area contributed by atoms with Crippen LogP contribution < -0.4 is 4.74 Å². The molecule has 3 aromatic rings. The summed E-state index contributed by atoms with van der Waals surface area (Å²) >= 11 is 1.75. The number of amides is 1. The number of fused-ring (bicyclic) bond motifs is 1. The predicted octanol–water partition coefficient (Wildman–Crippen LogP) is 3.02. The quantitative estimate of drug-likeness (QED) is 0.695. The number of para-hydroxylation sites is 2. The second kappa shape index (κ2) is 7.85. The van der Waals surface area contributed by atoms with Gasteiger partial charge in [-0.2, -0.15) is 0 Å². The summed E-state index contributed by atoms with van der Waals surface area (Å²) in [5.41, 5.74) is 1.07. The van der Waals surface area contributed by atoms with Crippen LogP contribution in [0.15, 0.2) is 54.6 Å². The first-order valence-corrected chi connectivity index (χ1v) is 9.62. The summed E-state index contributed by atoms with van der Waals surface area (Å²) in [7, 11) is 0. The molecular formula is C20H21N3O2S. The molecule has 0 bridgehead atoms. The molecule has 1 aliphatic rings. The average Bonchev–Trinajstić information content (AvgIpc) is 3.10. The fourth-order valence-electron chi connectivity index (χ4n) is 3.09. The van der Waals surface area contributed by atoms with Crippen molar-refractivity contribution in [1.82, 2.24) is 14.8 Å². The van der Waals surface area contributed by atoms with E-state index in [0.29, 0.717) is 0 Å². The summed E-state index contributed by atoms with van der Waals surface area (Å²) in [4.78, 5) is 21.3. The third-order valence-electron chi connectivity index (χ3n) is 4.53. The van der Waals surface area contributed by atoms with Gasteiger partial charge in [-0.3, -0.25) is 9.69 Å². The number of thiazole rings is 1. The minimum Gasteiger partial charge on any atom is -0.484 e. The van der Waals surface area contributed by atoms with Gasteiger partial charge in [0.1, 0.15) is 10.8 Å². The van der Waals surface area contributed by atoms with E-state index in [1.54, 1.807) is 11.3 Å². The third kappa shape index (κ3) is 4.03. The Morgan fingerprint density at radius 3 is 2.50 bits per heavy atom. The number of carbonyl (C=O) groups is 1. The minimum absolute atomic E-state index is 0.0495. The van der Waals surface area contributed by atoms with E-state index in [0.717, 1.165) is 49.0 Å². The highest BCUT2D eigenvalue weighted by Gasteiger charge is 2.22. The summed E-state index contributed by atoms with van der Waals surface area (Å²) in [5, 5.41) is 1.14. The molecule has 0 aliphatic carbocycles. The minimum atomic E-state index is 0.0495. The van der Waals surface area contributed by atoms with Gasteiger partial charge in [0.15, 0.2) is 6.61 Å². The molecule has 0 atom stereocenters. The van der Waals surface area contributed by atoms with E-state index in [4.69, 9.17) is 9.72 Å². The molecule has 5 nitrogen and oxygen atoms in total. The van der Waals surface area contributed by atoms with Crippen LogP contribution >= 0.6 is 11.3 Å². The highest BCUT2D eigenvalue weighted by atomic mass is 32.1. The molecule has 134 valence electrons. The van der Waals surface area contributed by atoms with Gasteiger partial charge in [-0.1, -0.05) is 30.3 Å². The number of benzene rings is 2. The Morgan fingerprint density at radius 2 is 1.73 bits per heavy atom. The summed E-state index contributed by atoms with van der Waals surface area (Å²) in [5.74, 6) is 0.781. The molecule has 4 rings (SSSR count). The van der Waals surface area contributed by atoms with Crippen molar-refractivity contribution in [3.63, 3.8) is 0 Å². The molecule has 1 amide bonds. The predicted molar refractivity (Wildman–Crippen MR) is 103 cm³/mol. The smallest absolute Gasteiger partial charge is 0.260 e. The van der Waals surface area contributed by atoms with Gasteiger partial charge in [-0.25, -0.2) is 4.98 Å². The van der Waals surface area contributed by atoms with Crippen LogP contribution in [0.5, 0.6) is 5.75 Å². The van der Waals surface area contributed by atoms with Crippen molar-refractivity contribution >= 4 is 27.5 Å². The number of ether oxygens (including phenoxy) is 1. The number of piperazine rings is 1. The summed E-state index contributed by atoms with van der Waals surface area (Å²) in [6.45, 7) is 4.16. The van der Waals surface area contributed by atoms with Crippen molar-refractivity contribution in [2.45, 2.75) is 6.54 Å². The molecule has 1 saturated heterocycles. The Morgan fingerprint density at radius 1 is 1.00 bits per heavy atom. The molecule has 2 aromatic carbocycles. The topological polar surface area (TPSA) is 45.7 Å². The molecular weight excluding hydrogens is 346 g/mol. The van der Waals surface area contributed by atoms with Gasteiger partial charge >= 0.3 is 0 Å². The second-order valence-corrected chi connectivity index (χ2v) is 7.45. The summed E-state index contributed by atoms with van der Waals surface area (Å²) in [6.07, 6.45) is 0. The number of rotatable bonds is 5. The largest absolute Gasteiger partial charge is 0.484 e. The molecule has 0 N–H and O–H groups in total. The maximum absolute atomic E-state index is 12.3. The van der Waals surface area contributed by atoms with Gasteiger partial charge in [-0.15, -0.1) is 11.3 Å². The molecule has 1 fully saturated rings. The normalized spacial score (nSPS) is 15.3. The first kappa shape index (κ1) is 17.0. The van der Waals surface area contributed by atoms with Crippen LogP contribution in [-0.4, -0.2) is 53.5 Å². The van der Waals surface area contributed by atoms with Crippen molar-refractivity contribution < 1.29 is 9.53 Å². The summed E-state index contributed by atoms with van der Waals surface area (Å²) < 4.78 is 6.79. The maximum atomic E-state index is 12.3. The van der Waals surface area contributed by atoms with Crippen molar-refractivity contribution in [2.75, 3.05) is 32.8 Å². The Hall–Kier alpha value is -2.44. The van der Waals surface area contributed by atoms with E-state index in [-0.39, 0.29) is 12.5 Å². The van der Waals surface area contributed by atoms with Gasteiger partial charge in [0.05, 0.1) is 16.8 Å². The molecule has 1 aromatic heterocycles. The lowest BCUT2D eigenvalue weighted by molar-refractivity contribution is -0.135. The number of hydrogen-bond acceptors (Lipinski definition) is 5. The zero-order chi connectivity index (χ0) is 17.8. The van der Waals surface area contributed by atoms with E-state index < -0.39 is 0 Å². The lowest BCUT2D eigenvalue weighted by Crippen LogP contribution is -2.49. The maximum Gasteiger partial charge on any atom is 0.260 e. The number of hydrogen-bond donors (Lipinski definition) is 0. The standard InChI is InChI=1S/C20H21N3O2S/c24-20(15-25-16-6-2-1-3-7-16)23-12-10-22(11-13-23)14-19-21-17-8-4-5-9-18(17)26-19/h1-9H,10-15H2. The van der Waals surface area contributed by atoms with Gasteiger partial charge < -0.3 is 9.64 Å². The summed E-state index contributed by atoms with van der Waals surface area (Å²) in [6, 6.07) is 17.7. The fourth-order valence-corrected chi connectivity index (χ4v) is 4.10. The zero-order valence-electron chi connectivity index (χ0n) is 14.5. The first-order chi connectivity index (χ1) is 12.8. The Kier molecular flexibility index (Phi) is 5.13. The van der Waals surface area contributed by atoms with Gasteiger partial charge in [0, 0.05) is 26.2 Å². The third-order valence-corrected chi connectivity index (χ3v) is 5.55. The fraction of sp³-hybridized carbons (Fsp3) is 0.300. The van der Waals surface area contributed by atoms with Crippen LogP contribution in [0.25, 0.3) is 10.2 Å². The molecule has 6 heteroatoms. The van der Waals surface area contributed by atoms with Crippen molar-refractivity contribution in [2.24, 2.45) is 0 Å². The van der Waals surface area contributed by atoms with Gasteiger partial charge in [0.2, 0.25) is 0 Å². The molecule has 0 unspecified atom stereocenters. The molecule has 1 aliphatic heterocycles. The van der Waals surface area contributed by atoms with Crippen LogP contribution in [0.2, 0.25) is 0 Å². The lowest BCUT2D eigenvalue weighted by Gasteiger charge is -2.34. The molecule has 26 heavy (non-hydrogen) atoms. The van der Waals surface area contributed by atoms with Crippen molar-refractivity contribution in [3.8, 4) is 5.75 Å². The van der Waals surface area contributed by atoms with Crippen LogP contribution in [0.1, 0.15) is 5.01 Å². The van der Waals surface area contributed by atoms with E-state index in [1.165, 1.54) is 4.70 Å². The molecule has 0 saturated carbocycles. The van der Waals surface area contributed by atoms with E-state index in [2.05, 4.69) is 17.0 Å². The monoisotopic (exact) mass is 367 g/mol. The Labute approximate surface area is 156 Å². The van der Waals surface area contributed by atoms with Crippen molar-refractivity contribution in [1.29, 1.82) is 0 Å². The Balaban J connectivity index is 1.26. The first-order valence-electron chi connectivity index (χ1n) is 8.80. The molecule has 0 spiro atoms. The number of carbonyl (C=O) groups excluding carboxylic acids is 1. The average molecular weight is 367 g/mol. The van der Waals surface area contributed by atoms with Crippen LogP contribution in [-0.2, 0) is 11.3 Å². The van der Waals surface area contributed by atoms with E-state index in [1.807, 2.05) is 47.4 Å². The van der Waals surface area contributed by atoms with E-state index >= 15 is 0 Å². The highest BCUT2D eigenvalue weighted by molar-refractivity contribution is 7.18. The van der Waals surface area contributed by atoms with Crippen LogP contribution in [0.4, 0.5) is 0 Å².